The number of amides is 1. The minimum atomic E-state index is -0.554. The van der Waals surface area contributed by atoms with Gasteiger partial charge in [0, 0.05) is 6.42 Å². The summed E-state index contributed by atoms with van der Waals surface area (Å²) < 4.78 is 16.8. The number of hydrogen-bond acceptors (Lipinski definition) is 8. The number of carbonyl (C=O) groups is 1. The lowest BCUT2D eigenvalue weighted by atomic mass is 10.1. The molecule has 1 aromatic heterocycles. The highest BCUT2D eigenvalue weighted by molar-refractivity contribution is 7.15. The number of nitriles is 1. The first-order valence-electron chi connectivity index (χ1n) is 11.0. The summed E-state index contributed by atoms with van der Waals surface area (Å²) in [7, 11) is 1.51. The number of hydrogen-bond donors (Lipinski definition) is 1. The van der Waals surface area contributed by atoms with Crippen LogP contribution in [0.4, 0.5) is 5.13 Å². The Labute approximate surface area is 213 Å². The van der Waals surface area contributed by atoms with Crippen molar-refractivity contribution in [3.05, 3.63) is 63.6 Å². The SMILES string of the molecule is CCCCc1nnc(NC(=O)/C(C#N)=C\c2ccc(OCCOc3ccccc3Cl)c(OC)c2)s1. The molecule has 35 heavy (non-hydrogen) atoms. The number of methoxy groups -OCH3 is 1. The lowest BCUT2D eigenvalue weighted by Gasteiger charge is -2.12. The van der Waals surface area contributed by atoms with Gasteiger partial charge in [-0.1, -0.05) is 54.5 Å². The highest BCUT2D eigenvalue weighted by Crippen LogP contribution is 2.29. The van der Waals surface area contributed by atoms with Crippen molar-refractivity contribution in [3.63, 3.8) is 0 Å². The predicted octanol–water partition coefficient (Wildman–Crippen LogP) is 5.55. The zero-order chi connectivity index (χ0) is 25.0. The zero-order valence-corrected chi connectivity index (χ0v) is 21.0. The molecular formula is C25H25ClN4O4S. The smallest absolute Gasteiger partial charge is 0.268 e. The van der Waals surface area contributed by atoms with Crippen LogP contribution in [-0.4, -0.2) is 36.4 Å². The Kier molecular flexibility index (Phi) is 9.90. The minimum Gasteiger partial charge on any atom is -0.493 e. The molecule has 3 rings (SSSR count). The van der Waals surface area contributed by atoms with E-state index >= 15 is 0 Å². The summed E-state index contributed by atoms with van der Waals surface area (Å²) >= 11 is 7.38. The Hall–Kier alpha value is -3.61. The van der Waals surface area contributed by atoms with E-state index < -0.39 is 5.91 Å². The lowest BCUT2D eigenvalue weighted by molar-refractivity contribution is -0.112. The van der Waals surface area contributed by atoms with Crippen LogP contribution < -0.4 is 19.5 Å². The second kappa shape index (κ2) is 13.3. The van der Waals surface area contributed by atoms with Gasteiger partial charge >= 0.3 is 0 Å². The van der Waals surface area contributed by atoms with Crippen molar-refractivity contribution >= 4 is 40.1 Å². The van der Waals surface area contributed by atoms with Gasteiger partial charge in [-0.25, -0.2) is 0 Å². The third-order valence-corrected chi connectivity index (χ3v) is 5.94. The molecule has 10 heteroatoms. The Balaban J connectivity index is 1.61. The van der Waals surface area contributed by atoms with E-state index in [0.717, 1.165) is 24.3 Å². The molecule has 0 aliphatic rings. The molecule has 0 spiro atoms. The number of unbranched alkanes of at least 4 members (excludes halogenated alkanes) is 1. The highest BCUT2D eigenvalue weighted by atomic mass is 35.5. The minimum absolute atomic E-state index is 0.0702. The van der Waals surface area contributed by atoms with Crippen molar-refractivity contribution in [2.75, 3.05) is 25.6 Å². The number of ether oxygens (including phenoxy) is 3. The summed E-state index contributed by atoms with van der Waals surface area (Å²) in [6.45, 7) is 2.65. The second-order valence-corrected chi connectivity index (χ2v) is 8.74. The van der Waals surface area contributed by atoms with Crippen molar-refractivity contribution in [1.29, 1.82) is 5.26 Å². The maximum atomic E-state index is 12.6. The first-order chi connectivity index (χ1) is 17.0. The molecule has 0 atom stereocenters. The van der Waals surface area contributed by atoms with Crippen LogP contribution in [0.15, 0.2) is 48.0 Å². The van der Waals surface area contributed by atoms with Crippen molar-refractivity contribution in [3.8, 4) is 23.3 Å². The quantitative estimate of drug-likeness (QED) is 0.193. The second-order valence-electron chi connectivity index (χ2n) is 7.27. The largest absolute Gasteiger partial charge is 0.493 e. The van der Waals surface area contributed by atoms with Gasteiger partial charge in [-0.05, 0) is 42.3 Å². The van der Waals surface area contributed by atoms with Crippen molar-refractivity contribution in [2.45, 2.75) is 26.2 Å². The van der Waals surface area contributed by atoms with Gasteiger partial charge in [0.2, 0.25) is 5.13 Å². The van der Waals surface area contributed by atoms with Gasteiger partial charge in [-0.15, -0.1) is 10.2 Å². The van der Waals surface area contributed by atoms with E-state index in [-0.39, 0.29) is 12.2 Å². The molecule has 0 saturated heterocycles. The standard InChI is InChI=1S/C25H25ClN4O4S/c1-3-4-9-23-29-30-25(35-23)28-24(31)18(16-27)14-17-10-11-21(22(15-17)32-2)34-13-12-33-20-8-6-5-7-19(20)26/h5-8,10-11,14-15H,3-4,9,12-13H2,1-2H3,(H,28,30,31)/b18-14-. The molecule has 0 fully saturated rings. The fourth-order valence-corrected chi connectivity index (χ4v) is 3.94. The first kappa shape index (κ1) is 26.0. The van der Waals surface area contributed by atoms with E-state index in [2.05, 4.69) is 22.4 Å². The number of nitrogens with zero attached hydrogens (tertiary/aromatic N) is 3. The van der Waals surface area contributed by atoms with Gasteiger partial charge in [0.15, 0.2) is 11.5 Å². The summed E-state index contributed by atoms with van der Waals surface area (Å²) in [6, 6.07) is 14.2. The zero-order valence-electron chi connectivity index (χ0n) is 19.4. The third-order valence-electron chi connectivity index (χ3n) is 4.73. The molecule has 0 unspecified atom stereocenters. The topological polar surface area (TPSA) is 106 Å². The Bertz CT molecular complexity index is 1220. The Morgan fingerprint density at radius 3 is 2.63 bits per heavy atom. The van der Waals surface area contributed by atoms with Crippen LogP contribution in [0.5, 0.6) is 17.2 Å². The van der Waals surface area contributed by atoms with Gasteiger partial charge < -0.3 is 14.2 Å². The van der Waals surface area contributed by atoms with Crippen LogP contribution in [0.25, 0.3) is 6.08 Å². The maximum Gasteiger partial charge on any atom is 0.268 e. The average molecular weight is 513 g/mol. The summed E-state index contributed by atoms with van der Waals surface area (Å²) in [4.78, 5) is 12.6. The monoisotopic (exact) mass is 512 g/mol. The number of benzene rings is 2. The number of anilines is 1. The summed E-state index contributed by atoms with van der Waals surface area (Å²) in [5.41, 5.74) is 0.535. The van der Waals surface area contributed by atoms with Crippen molar-refractivity contribution < 1.29 is 19.0 Å². The number of aromatic nitrogens is 2. The molecule has 3 aromatic rings. The van der Waals surface area contributed by atoms with Crippen LogP contribution in [-0.2, 0) is 11.2 Å². The van der Waals surface area contributed by atoms with Crippen LogP contribution in [0.1, 0.15) is 30.3 Å². The van der Waals surface area contributed by atoms with Gasteiger partial charge in [0.05, 0.1) is 12.1 Å². The molecule has 8 nitrogen and oxygen atoms in total. The summed E-state index contributed by atoms with van der Waals surface area (Å²) in [6.07, 6.45) is 4.33. The van der Waals surface area contributed by atoms with Crippen LogP contribution in [0, 0.1) is 11.3 Å². The van der Waals surface area contributed by atoms with Gasteiger partial charge in [-0.3, -0.25) is 10.1 Å². The molecule has 1 N–H and O–H groups in total. The number of rotatable bonds is 12. The molecule has 182 valence electrons. The average Bonchev–Trinajstić information content (AvgIpc) is 3.32. The highest BCUT2D eigenvalue weighted by Gasteiger charge is 2.14. The number of carbonyl (C=O) groups excluding carboxylic acids is 1. The van der Waals surface area contributed by atoms with Crippen LogP contribution >= 0.6 is 22.9 Å². The van der Waals surface area contributed by atoms with Gasteiger partial charge in [0.1, 0.15) is 35.6 Å². The van der Waals surface area contributed by atoms with E-state index in [4.69, 9.17) is 25.8 Å². The number of nitrogens with one attached hydrogen (secondary N) is 1. The maximum absolute atomic E-state index is 12.6. The third kappa shape index (κ3) is 7.70. The number of para-hydroxylation sites is 1. The van der Waals surface area contributed by atoms with E-state index in [1.54, 1.807) is 30.3 Å². The van der Waals surface area contributed by atoms with Crippen molar-refractivity contribution in [2.24, 2.45) is 0 Å². The van der Waals surface area contributed by atoms with Gasteiger partial charge in [-0.2, -0.15) is 5.26 Å². The number of halogens is 1. The Morgan fingerprint density at radius 1 is 1.14 bits per heavy atom. The fourth-order valence-electron chi connectivity index (χ4n) is 2.97. The van der Waals surface area contributed by atoms with E-state index in [1.807, 2.05) is 18.2 Å². The van der Waals surface area contributed by atoms with E-state index in [0.29, 0.717) is 39.6 Å². The van der Waals surface area contributed by atoms with Gasteiger partial charge in [0.25, 0.3) is 5.91 Å². The number of aryl methyl sites for hydroxylation is 1. The molecule has 0 saturated carbocycles. The molecule has 0 bridgehead atoms. The Morgan fingerprint density at radius 2 is 1.91 bits per heavy atom. The lowest BCUT2D eigenvalue weighted by Crippen LogP contribution is -2.13. The first-order valence-corrected chi connectivity index (χ1v) is 12.2. The molecule has 0 radical (unpaired) electrons. The van der Waals surface area contributed by atoms with Crippen molar-refractivity contribution in [1.82, 2.24) is 10.2 Å². The summed E-state index contributed by atoms with van der Waals surface area (Å²) in [5, 5.41) is 21.9. The molecule has 0 aliphatic carbocycles. The van der Waals surface area contributed by atoms with Crippen LogP contribution in [0.2, 0.25) is 5.02 Å². The molecular weight excluding hydrogens is 488 g/mol. The summed E-state index contributed by atoms with van der Waals surface area (Å²) in [5.74, 6) is 0.989. The molecule has 1 heterocycles. The predicted molar refractivity (Wildman–Crippen MR) is 136 cm³/mol. The van der Waals surface area contributed by atoms with Crippen LogP contribution in [0.3, 0.4) is 0 Å². The molecule has 0 aliphatic heterocycles. The molecule has 2 aromatic carbocycles. The fraction of sp³-hybridized carbons (Fsp3) is 0.280. The van der Waals surface area contributed by atoms with E-state index in [1.165, 1.54) is 24.5 Å². The normalized spacial score (nSPS) is 11.0. The molecule has 1 amide bonds. The van der Waals surface area contributed by atoms with E-state index in [9.17, 15) is 10.1 Å².